The quantitative estimate of drug-likeness (QED) is 0.606. The first kappa shape index (κ1) is 21.6. The third kappa shape index (κ3) is 4.40. The van der Waals surface area contributed by atoms with Crippen LogP contribution in [0.5, 0.6) is 0 Å². The molecule has 0 aliphatic carbocycles. The van der Waals surface area contributed by atoms with Crippen molar-refractivity contribution in [1.82, 2.24) is 14.7 Å². The molecule has 2 heterocycles. The lowest BCUT2D eigenvalue weighted by atomic mass is 10.0. The van der Waals surface area contributed by atoms with E-state index >= 15 is 0 Å². The fourth-order valence-electron chi connectivity index (χ4n) is 2.64. The summed E-state index contributed by atoms with van der Waals surface area (Å²) < 4.78 is 77.0. The molecule has 0 bridgehead atoms. The Morgan fingerprint density at radius 3 is 2.27 bits per heavy atom. The van der Waals surface area contributed by atoms with E-state index in [4.69, 9.17) is 11.6 Å². The molecule has 3 aromatic rings. The summed E-state index contributed by atoms with van der Waals surface area (Å²) in [6.45, 7) is -1.51. The normalized spacial score (nSPS) is 12.2. The summed E-state index contributed by atoms with van der Waals surface area (Å²) in [6, 6.07) is 7.80. The molecule has 3 rings (SSSR count). The van der Waals surface area contributed by atoms with Crippen molar-refractivity contribution in [1.29, 1.82) is 0 Å². The number of hydrogen-bond acceptors (Lipinski definition) is 3. The van der Waals surface area contributed by atoms with E-state index in [2.05, 4.69) is 4.98 Å². The van der Waals surface area contributed by atoms with Crippen LogP contribution in [0.2, 0.25) is 5.02 Å². The van der Waals surface area contributed by atoms with Gasteiger partial charge in [-0.15, -0.1) is 0 Å². The van der Waals surface area contributed by atoms with E-state index in [1.54, 1.807) is 5.32 Å². The number of hydrogen-bond donors (Lipinski definition) is 1. The molecule has 1 aromatic carbocycles. The molecular weight excluding hydrogens is 440 g/mol. The zero-order valence-electron chi connectivity index (χ0n) is 14.6. The van der Waals surface area contributed by atoms with Crippen LogP contribution in [-0.4, -0.2) is 28.0 Å². The molecule has 0 spiro atoms. The fraction of sp³-hybridized carbons (Fsp3) is 0.167. The van der Waals surface area contributed by atoms with E-state index in [9.17, 15) is 35.9 Å². The van der Waals surface area contributed by atoms with Gasteiger partial charge in [-0.05, 0) is 29.8 Å². The molecular formula is C18H10ClF6N3O2. The van der Waals surface area contributed by atoms with Gasteiger partial charge < -0.3 is 5.32 Å². The average Bonchev–Trinajstić information content (AvgIpc) is 2.67. The van der Waals surface area contributed by atoms with Gasteiger partial charge in [0.25, 0.3) is 11.5 Å². The van der Waals surface area contributed by atoms with Crippen molar-refractivity contribution in [2.75, 3.05) is 6.54 Å². The summed E-state index contributed by atoms with van der Waals surface area (Å²) >= 11 is 5.53. The lowest BCUT2D eigenvalue weighted by molar-refractivity contribution is -0.141. The van der Waals surface area contributed by atoms with Crippen molar-refractivity contribution in [2.45, 2.75) is 12.4 Å². The minimum atomic E-state index is -4.96. The van der Waals surface area contributed by atoms with Gasteiger partial charge in [-0.25, -0.2) is 4.98 Å². The minimum absolute atomic E-state index is 0.0904. The second-order valence-electron chi connectivity index (χ2n) is 6.07. The van der Waals surface area contributed by atoms with E-state index in [1.165, 1.54) is 42.6 Å². The maximum Gasteiger partial charge on any atom is 0.435 e. The molecule has 1 amide bonds. The molecule has 0 atom stereocenters. The van der Waals surface area contributed by atoms with Gasteiger partial charge in [0.05, 0.1) is 0 Å². The highest BCUT2D eigenvalue weighted by Gasteiger charge is 2.37. The predicted molar refractivity (Wildman–Crippen MR) is 95.3 cm³/mol. The maximum atomic E-state index is 13.2. The standard InChI is InChI=1S/C18H10ClF6N3O2/c19-12-13(18(23,24)25)27-14-11(2-1-7-28(14)16(12)30)9-3-5-10(6-4-9)15(29)26-8-17(20,21)22/h1-7H,8H2,(H,26,29). The summed E-state index contributed by atoms with van der Waals surface area (Å²) in [6.07, 6.45) is -8.34. The molecule has 158 valence electrons. The third-order valence-electron chi connectivity index (χ3n) is 3.98. The van der Waals surface area contributed by atoms with Gasteiger partial charge >= 0.3 is 12.4 Å². The van der Waals surface area contributed by atoms with Gasteiger partial charge in [-0.1, -0.05) is 23.7 Å². The van der Waals surface area contributed by atoms with Crippen molar-refractivity contribution in [3.8, 4) is 11.1 Å². The fourth-order valence-corrected chi connectivity index (χ4v) is 2.88. The van der Waals surface area contributed by atoms with E-state index < -0.39 is 41.1 Å². The Labute approximate surface area is 168 Å². The van der Waals surface area contributed by atoms with Crippen LogP contribution < -0.4 is 10.9 Å². The summed E-state index contributed by atoms with van der Waals surface area (Å²) in [7, 11) is 0. The Morgan fingerprint density at radius 1 is 1.07 bits per heavy atom. The topological polar surface area (TPSA) is 63.5 Å². The number of nitrogens with zero attached hydrogens (tertiary/aromatic N) is 2. The molecule has 12 heteroatoms. The highest BCUT2D eigenvalue weighted by Crippen LogP contribution is 2.33. The number of halogens is 7. The molecule has 1 N–H and O–H groups in total. The SMILES string of the molecule is O=C(NCC(F)(F)F)c1ccc(-c2cccn3c(=O)c(Cl)c(C(F)(F)F)nc23)cc1. The number of aromatic nitrogens is 2. The summed E-state index contributed by atoms with van der Waals surface area (Å²) in [4.78, 5) is 27.5. The number of pyridine rings is 1. The first-order valence-corrected chi connectivity index (χ1v) is 8.50. The molecule has 30 heavy (non-hydrogen) atoms. The number of amides is 1. The molecule has 0 fully saturated rings. The highest BCUT2D eigenvalue weighted by molar-refractivity contribution is 6.31. The summed E-state index contributed by atoms with van der Waals surface area (Å²) in [5, 5.41) is 0.629. The van der Waals surface area contributed by atoms with Crippen molar-refractivity contribution >= 4 is 23.2 Å². The molecule has 0 saturated carbocycles. The zero-order chi connectivity index (χ0) is 22.3. The lowest BCUT2D eigenvalue weighted by Gasteiger charge is -2.13. The summed E-state index contributed by atoms with van der Waals surface area (Å²) in [5.41, 5.74) is -2.66. The van der Waals surface area contributed by atoms with Crippen molar-refractivity contribution in [3.63, 3.8) is 0 Å². The van der Waals surface area contributed by atoms with Gasteiger partial charge in [-0.2, -0.15) is 26.3 Å². The van der Waals surface area contributed by atoms with Gasteiger partial charge in [0.2, 0.25) is 0 Å². The maximum absolute atomic E-state index is 13.2. The van der Waals surface area contributed by atoms with Crippen molar-refractivity contribution in [2.24, 2.45) is 0 Å². The Hall–Kier alpha value is -3.08. The summed E-state index contributed by atoms with van der Waals surface area (Å²) in [5.74, 6) is -0.975. The second kappa shape index (κ2) is 7.63. The van der Waals surface area contributed by atoms with Gasteiger partial charge in [-0.3, -0.25) is 14.0 Å². The Bertz CT molecular complexity index is 1170. The molecule has 0 aliphatic rings. The number of benzene rings is 1. The molecule has 0 unspecified atom stereocenters. The number of rotatable bonds is 3. The van der Waals surface area contributed by atoms with E-state index in [0.29, 0.717) is 0 Å². The van der Waals surface area contributed by atoms with E-state index in [1.807, 2.05) is 0 Å². The van der Waals surface area contributed by atoms with Crippen molar-refractivity contribution in [3.05, 3.63) is 69.2 Å². The van der Waals surface area contributed by atoms with Gasteiger partial charge in [0.15, 0.2) is 5.69 Å². The Kier molecular flexibility index (Phi) is 5.50. The first-order chi connectivity index (χ1) is 13.9. The smallest absolute Gasteiger partial charge is 0.343 e. The van der Waals surface area contributed by atoms with Crippen LogP contribution in [0.1, 0.15) is 16.1 Å². The minimum Gasteiger partial charge on any atom is -0.343 e. The lowest BCUT2D eigenvalue weighted by Crippen LogP contribution is -2.33. The second-order valence-corrected chi connectivity index (χ2v) is 6.45. The zero-order valence-corrected chi connectivity index (χ0v) is 15.4. The molecule has 0 saturated heterocycles. The molecule has 5 nitrogen and oxygen atoms in total. The van der Waals surface area contributed by atoms with Crippen LogP contribution in [0.4, 0.5) is 26.3 Å². The van der Waals surface area contributed by atoms with Crippen molar-refractivity contribution < 1.29 is 31.1 Å². The van der Waals surface area contributed by atoms with E-state index in [-0.39, 0.29) is 22.3 Å². The Balaban J connectivity index is 2.04. The van der Waals surface area contributed by atoms with Crippen LogP contribution in [0.25, 0.3) is 16.8 Å². The molecule has 0 radical (unpaired) electrons. The highest BCUT2D eigenvalue weighted by atomic mass is 35.5. The monoisotopic (exact) mass is 449 g/mol. The molecule has 0 aliphatic heterocycles. The molecule has 2 aromatic heterocycles. The largest absolute Gasteiger partial charge is 0.435 e. The number of nitrogens with one attached hydrogen (secondary N) is 1. The number of alkyl halides is 6. The van der Waals surface area contributed by atoms with Gasteiger partial charge in [0, 0.05) is 17.3 Å². The predicted octanol–water partition coefficient (Wildman–Crippen LogP) is 4.33. The van der Waals surface area contributed by atoms with Crippen LogP contribution >= 0.6 is 11.6 Å². The van der Waals surface area contributed by atoms with Crippen LogP contribution in [0.15, 0.2) is 47.4 Å². The Morgan fingerprint density at radius 2 is 1.70 bits per heavy atom. The van der Waals surface area contributed by atoms with Crippen LogP contribution in [0, 0.1) is 0 Å². The van der Waals surface area contributed by atoms with Gasteiger partial charge in [0.1, 0.15) is 17.2 Å². The van der Waals surface area contributed by atoms with E-state index in [0.717, 1.165) is 4.40 Å². The number of fused-ring (bicyclic) bond motifs is 1. The van der Waals surface area contributed by atoms with Crippen LogP contribution in [-0.2, 0) is 6.18 Å². The van der Waals surface area contributed by atoms with Crippen LogP contribution in [0.3, 0.4) is 0 Å². The average molecular weight is 450 g/mol. The third-order valence-corrected chi connectivity index (χ3v) is 4.32. The number of carbonyl (C=O) groups is 1. The first-order valence-electron chi connectivity index (χ1n) is 8.12. The number of carbonyl (C=O) groups excluding carboxylic acids is 1.